The van der Waals surface area contributed by atoms with Gasteiger partial charge in [-0.2, -0.15) is 4.98 Å². The number of Topliss-reactive ketones (excluding diaryl/α,β-unsaturated/α-hetero) is 1. The first kappa shape index (κ1) is 39.3. The standard InChI is InChI=1S/C32H44N10O8/c1-32(2,3)50-30(46)25(11-10-24(43)5-4-13-47-15-17-49-18-16-48-14-12-37-42-34)39-28(44)21-6-8-22(9-7-21)35-19-23-20-36-27-26(38-23)29(45)41-31(33)40-27/h6-9,20,25,35H,4-5,10-19H2,1-3H3,(H,39,44)(H3,33,36,40,41,45)/t25-/m0/s1. The van der Waals surface area contributed by atoms with Gasteiger partial charge in [0.25, 0.3) is 11.5 Å². The highest BCUT2D eigenvalue weighted by atomic mass is 16.6. The number of H-pyrrole nitrogens is 1. The van der Waals surface area contributed by atoms with Crippen molar-refractivity contribution < 1.29 is 33.3 Å². The van der Waals surface area contributed by atoms with Gasteiger partial charge in [-0.05, 0) is 63.4 Å². The monoisotopic (exact) mass is 696 g/mol. The summed E-state index contributed by atoms with van der Waals surface area (Å²) in [5, 5.41) is 9.23. The van der Waals surface area contributed by atoms with Gasteiger partial charge in [0.1, 0.15) is 17.4 Å². The van der Waals surface area contributed by atoms with Gasteiger partial charge in [0.15, 0.2) is 11.2 Å². The number of carbonyl (C=O) groups excluding carboxylic acids is 3. The van der Waals surface area contributed by atoms with Crippen molar-refractivity contribution in [3.8, 4) is 0 Å². The van der Waals surface area contributed by atoms with Crippen LogP contribution < -0.4 is 21.9 Å². The van der Waals surface area contributed by atoms with Crippen LogP contribution in [0.1, 0.15) is 62.5 Å². The predicted molar refractivity (Wildman–Crippen MR) is 183 cm³/mol. The fourth-order valence-corrected chi connectivity index (χ4v) is 4.35. The number of carbonyl (C=O) groups is 3. The Morgan fingerprint density at radius 2 is 1.68 bits per heavy atom. The minimum absolute atomic E-state index is 0.0463. The van der Waals surface area contributed by atoms with E-state index in [1.165, 1.54) is 6.20 Å². The molecular formula is C32H44N10O8. The quantitative estimate of drug-likeness (QED) is 0.0388. The molecule has 0 bridgehead atoms. The summed E-state index contributed by atoms with van der Waals surface area (Å²) in [4.78, 5) is 68.2. The maximum absolute atomic E-state index is 13.1. The molecule has 0 aliphatic carbocycles. The summed E-state index contributed by atoms with van der Waals surface area (Å²) < 4.78 is 21.6. The van der Waals surface area contributed by atoms with Gasteiger partial charge in [0, 0.05) is 42.2 Å². The van der Waals surface area contributed by atoms with Crippen molar-refractivity contribution in [3.63, 3.8) is 0 Å². The first-order chi connectivity index (χ1) is 23.9. The van der Waals surface area contributed by atoms with E-state index in [4.69, 9.17) is 30.2 Å². The molecule has 0 unspecified atom stereocenters. The van der Waals surface area contributed by atoms with Crippen molar-refractivity contribution in [2.45, 2.75) is 64.6 Å². The number of hydrogen-bond donors (Lipinski definition) is 4. The number of amides is 1. The second-order valence-corrected chi connectivity index (χ2v) is 11.9. The first-order valence-corrected chi connectivity index (χ1v) is 16.1. The molecule has 3 aromatic rings. The van der Waals surface area contributed by atoms with Crippen molar-refractivity contribution >= 4 is 40.5 Å². The molecule has 3 rings (SSSR count). The summed E-state index contributed by atoms with van der Waals surface area (Å²) in [5.74, 6) is -1.24. The molecule has 5 N–H and O–H groups in total. The van der Waals surface area contributed by atoms with Crippen LogP contribution in [0.4, 0.5) is 11.6 Å². The third-order valence-corrected chi connectivity index (χ3v) is 6.70. The number of nitrogen functional groups attached to an aromatic ring is 1. The molecule has 0 saturated heterocycles. The summed E-state index contributed by atoms with van der Waals surface area (Å²) in [6, 6.07) is 5.52. The molecule has 1 aromatic carbocycles. The summed E-state index contributed by atoms with van der Waals surface area (Å²) in [6.07, 6.45) is 2.40. The summed E-state index contributed by atoms with van der Waals surface area (Å²) in [6.45, 7) is 7.92. The van der Waals surface area contributed by atoms with Crippen LogP contribution in [0.2, 0.25) is 0 Å². The molecule has 50 heavy (non-hydrogen) atoms. The number of ketones is 1. The van der Waals surface area contributed by atoms with Crippen LogP contribution in [-0.4, -0.2) is 95.4 Å². The third-order valence-electron chi connectivity index (χ3n) is 6.70. The van der Waals surface area contributed by atoms with Gasteiger partial charge in [-0.3, -0.25) is 19.4 Å². The Hall–Kier alpha value is -5.16. The van der Waals surface area contributed by atoms with E-state index < -0.39 is 29.1 Å². The normalized spacial score (nSPS) is 11.8. The number of nitrogens with two attached hydrogens (primary N) is 1. The minimum atomic E-state index is -1.03. The van der Waals surface area contributed by atoms with Crippen LogP contribution in [0.25, 0.3) is 21.6 Å². The lowest BCUT2D eigenvalue weighted by Gasteiger charge is -2.24. The van der Waals surface area contributed by atoms with Crippen molar-refractivity contribution in [1.82, 2.24) is 25.3 Å². The number of fused-ring (bicyclic) bond motifs is 1. The number of nitrogens with zero attached hydrogens (tertiary/aromatic N) is 6. The Kier molecular flexibility index (Phi) is 16.0. The molecule has 0 fully saturated rings. The van der Waals surface area contributed by atoms with Crippen LogP contribution in [0.3, 0.4) is 0 Å². The van der Waals surface area contributed by atoms with Crippen LogP contribution >= 0.6 is 0 Å². The van der Waals surface area contributed by atoms with Crippen molar-refractivity contribution in [2.24, 2.45) is 5.11 Å². The zero-order chi connectivity index (χ0) is 36.4. The highest BCUT2D eigenvalue weighted by Crippen LogP contribution is 2.15. The van der Waals surface area contributed by atoms with Crippen LogP contribution in [0.15, 0.2) is 40.4 Å². The molecule has 0 spiro atoms. The van der Waals surface area contributed by atoms with Crippen LogP contribution in [0, 0.1) is 0 Å². The predicted octanol–water partition coefficient (Wildman–Crippen LogP) is 2.84. The molecule has 0 saturated carbocycles. The average molecular weight is 697 g/mol. The van der Waals surface area contributed by atoms with E-state index in [0.717, 1.165) is 0 Å². The highest BCUT2D eigenvalue weighted by Gasteiger charge is 2.27. The third kappa shape index (κ3) is 14.5. The van der Waals surface area contributed by atoms with Crippen LogP contribution in [0.5, 0.6) is 0 Å². The lowest BCUT2D eigenvalue weighted by Crippen LogP contribution is -2.44. The molecule has 0 aliphatic rings. The molecule has 1 amide bonds. The van der Waals surface area contributed by atoms with Crippen molar-refractivity contribution in [3.05, 3.63) is 62.5 Å². The fraction of sp³-hybridized carbons (Fsp3) is 0.531. The van der Waals surface area contributed by atoms with Crippen molar-refractivity contribution in [1.29, 1.82) is 0 Å². The number of ether oxygens (including phenoxy) is 4. The lowest BCUT2D eigenvalue weighted by molar-refractivity contribution is -0.157. The van der Waals surface area contributed by atoms with Gasteiger partial charge in [-0.25, -0.2) is 14.8 Å². The summed E-state index contributed by atoms with van der Waals surface area (Å²) >= 11 is 0. The average Bonchev–Trinajstić information content (AvgIpc) is 3.07. The van der Waals surface area contributed by atoms with E-state index in [9.17, 15) is 19.2 Å². The fourth-order valence-electron chi connectivity index (χ4n) is 4.35. The number of aromatic amines is 1. The van der Waals surface area contributed by atoms with E-state index in [1.807, 2.05) is 0 Å². The Bertz CT molecular complexity index is 1670. The van der Waals surface area contributed by atoms with E-state index >= 15 is 0 Å². The Morgan fingerprint density at radius 3 is 2.36 bits per heavy atom. The summed E-state index contributed by atoms with van der Waals surface area (Å²) in [7, 11) is 0. The van der Waals surface area contributed by atoms with Gasteiger partial charge in [0.2, 0.25) is 5.95 Å². The van der Waals surface area contributed by atoms with E-state index in [2.05, 4.69) is 40.6 Å². The number of benzene rings is 1. The number of aromatic nitrogens is 4. The largest absolute Gasteiger partial charge is 0.458 e. The minimum Gasteiger partial charge on any atom is -0.458 e. The number of rotatable bonds is 22. The Labute approximate surface area is 288 Å². The van der Waals surface area contributed by atoms with Gasteiger partial charge in [0.05, 0.1) is 51.5 Å². The number of hydrogen-bond acceptors (Lipinski definition) is 14. The smallest absolute Gasteiger partial charge is 0.329 e. The topological polar surface area (TPSA) is 258 Å². The zero-order valence-corrected chi connectivity index (χ0v) is 28.5. The lowest BCUT2D eigenvalue weighted by atomic mass is 10.0. The van der Waals surface area contributed by atoms with Gasteiger partial charge >= 0.3 is 5.97 Å². The van der Waals surface area contributed by atoms with E-state index in [-0.39, 0.29) is 55.2 Å². The highest BCUT2D eigenvalue weighted by molar-refractivity contribution is 5.97. The SMILES string of the molecule is CC(C)(C)OC(=O)[C@H](CCC(=O)CCCOCCOCCOCCN=[N+]=[N-])NC(=O)c1ccc(NCc2cnc3nc(N)[nH]c(=O)c3n2)cc1. The van der Waals surface area contributed by atoms with E-state index in [1.54, 1.807) is 45.0 Å². The number of nitrogens with one attached hydrogen (secondary N) is 3. The van der Waals surface area contributed by atoms with E-state index in [0.29, 0.717) is 63.0 Å². The number of azide groups is 1. The molecule has 18 nitrogen and oxygen atoms in total. The maximum Gasteiger partial charge on any atom is 0.329 e. The molecular weight excluding hydrogens is 652 g/mol. The van der Waals surface area contributed by atoms with Gasteiger partial charge in [-0.1, -0.05) is 5.11 Å². The molecule has 1 atom stereocenters. The zero-order valence-electron chi connectivity index (χ0n) is 28.5. The summed E-state index contributed by atoms with van der Waals surface area (Å²) in [5.41, 5.74) is 14.1. The number of anilines is 2. The molecule has 18 heteroatoms. The van der Waals surface area contributed by atoms with Crippen molar-refractivity contribution in [2.75, 3.05) is 57.2 Å². The first-order valence-electron chi connectivity index (χ1n) is 16.1. The van der Waals surface area contributed by atoms with Gasteiger partial charge in [-0.15, -0.1) is 0 Å². The molecule has 270 valence electrons. The number of esters is 1. The maximum atomic E-state index is 13.1. The molecule has 2 heterocycles. The second-order valence-electron chi connectivity index (χ2n) is 11.9. The van der Waals surface area contributed by atoms with Crippen LogP contribution in [-0.2, 0) is 35.1 Å². The Morgan fingerprint density at radius 1 is 1.00 bits per heavy atom. The molecule has 0 aliphatic heterocycles. The van der Waals surface area contributed by atoms with Gasteiger partial charge < -0.3 is 35.3 Å². The molecule has 0 radical (unpaired) electrons. The Balaban J connectivity index is 1.42. The second kappa shape index (κ2) is 20.4. The molecule has 2 aromatic heterocycles.